The molecule has 162 valence electrons. The van der Waals surface area contributed by atoms with Crippen LogP contribution in [0, 0.1) is 13.8 Å². The smallest absolute Gasteiger partial charge is 0.277 e. The van der Waals surface area contributed by atoms with Gasteiger partial charge in [0.1, 0.15) is 5.75 Å². The lowest BCUT2D eigenvalue weighted by molar-refractivity contribution is -0.123. The van der Waals surface area contributed by atoms with Crippen LogP contribution in [0.5, 0.6) is 5.75 Å². The summed E-state index contributed by atoms with van der Waals surface area (Å²) in [5, 5.41) is 8.68. The lowest BCUT2D eigenvalue weighted by Gasteiger charge is -2.19. The number of hydrogen-bond acceptors (Lipinski definition) is 4. The van der Waals surface area contributed by atoms with Crippen molar-refractivity contribution in [2.45, 2.75) is 46.6 Å². The Kier molecular flexibility index (Phi) is 6.90. The predicted molar refractivity (Wildman–Crippen MR) is 124 cm³/mol. The molecule has 2 aromatic carbocycles. The SMILES string of the molecule is Cc1nn(Cc2ccccc2)c(C)c1/C=N/NC(=O)COc1ccc(C(C)(C)C)cc1. The Morgan fingerprint density at radius 2 is 1.77 bits per heavy atom. The van der Waals surface area contributed by atoms with Crippen LogP contribution in [0.25, 0.3) is 0 Å². The molecule has 0 spiro atoms. The molecule has 0 saturated carbocycles. The van der Waals surface area contributed by atoms with E-state index >= 15 is 0 Å². The van der Waals surface area contributed by atoms with Crippen molar-refractivity contribution in [3.05, 3.63) is 82.7 Å². The molecule has 1 amide bonds. The van der Waals surface area contributed by atoms with Crippen LogP contribution in [0.4, 0.5) is 0 Å². The van der Waals surface area contributed by atoms with Crippen molar-refractivity contribution < 1.29 is 9.53 Å². The van der Waals surface area contributed by atoms with Crippen LogP contribution in [0.1, 0.15) is 48.8 Å². The number of hydrogen-bond donors (Lipinski definition) is 1. The number of nitrogens with zero attached hydrogens (tertiary/aromatic N) is 3. The highest BCUT2D eigenvalue weighted by Crippen LogP contribution is 2.24. The molecule has 0 aliphatic heterocycles. The maximum atomic E-state index is 12.1. The van der Waals surface area contributed by atoms with E-state index in [9.17, 15) is 4.79 Å². The zero-order chi connectivity index (χ0) is 22.4. The Balaban J connectivity index is 1.54. The third kappa shape index (κ3) is 6.04. The van der Waals surface area contributed by atoms with Crippen LogP contribution in [-0.4, -0.2) is 28.5 Å². The van der Waals surface area contributed by atoms with Crippen molar-refractivity contribution in [2.24, 2.45) is 5.10 Å². The molecule has 0 bridgehead atoms. The van der Waals surface area contributed by atoms with Crippen LogP contribution < -0.4 is 10.2 Å². The second-order valence-electron chi connectivity index (χ2n) is 8.58. The second kappa shape index (κ2) is 9.60. The summed E-state index contributed by atoms with van der Waals surface area (Å²) in [6, 6.07) is 18.0. The van der Waals surface area contributed by atoms with Gasteiger partial charge in [0.2, 0.25) is 0 Å². The Morgan fingerprint density at radius 3 is 2.42 bits per heavy atom. The first-order valence-electron chi connectivity index (χ1n) is 10.4. The van der Waals surface area contributed by atoms with Crippen LogP contribution in [0.2, 0.25) is 0 Å². The average molecular weight is 419 g/mol. The van der Waals surface area contributed by atoms with Crippen molar-refractivity contribution in [1.29, 1.82) is 0 Å². The van der Waals surface area contributed by atoms with Crippen molar-refractivity contribution in [3.8, 4) is 5.75 Å². The number of nitrogens with one attached hydrogen (secondary N) is 1. The molecule has 0 saturated heterocycles. The van der Waals surface area contributed by atoms with Gasteiger partial charge in [0.05, 0.1) is 18.5 Å². The van der Waals surface area contributed by atoms with Gasteiger partial charge in [-0.2, -0.15) is 10.2 Å². The normalized spacial score (nSPS) is 11.6. The Hall–Kier alpha value is -3.41. The Bertz CT molecular complexity index is 1050. The number of aromatic nitrogens is 2. The lowest BCUT2D eigenvalue weighted by Crippen LogP contribution is -2.24. The third-order valence-electron chi connectivity index (χ3n) is 5.09. The highest BCUT2D eigenvalue weighted by molar-refractivity contribution is 5.84. The summed E-state index contributed by atoms with van der Waals surface area (Å²) < 4.78 is 7.50. The Morgan fingerprint density at radius 1 is 1.10 bits per heavy atom. The quantitative estimate of drug-likeness (QED) is 0.457. The minimum atomic E-state index is -0.317. The number of ether oxygens (including phenoxy) is 1. The summed E-state index contributed by atoms with van der Waals surface area (Å²) in [6.45, 7) is 11.0. The second-order valence-corrected chi connectivity index (χ2v) is 8.58. The first-order chi connectivity index (χ1) is 14.7. The minimum Gasteiger partial charge on any atom is -0.484 e. The van der Waals surface area contributed by atoms with Crippen molar-refractivity contribution in [1.82, 2.24) is 15.2 Å². The monoisotopic (exact) mass is 418 g/mol. The molecule has 6 heteroatoms. The molecule has 31 heavy (non-hydrogen) atoms. The van der Waals surface area contributed by atoms with Gasteiger partial charge in [0, 0.05) is 11.3 Å². The summed E-state index contributed by atoms with van der Waals surface area (Å²) in [7, 11) is 0. The molecule has 1 aromatic heterocycles. The standard InChI is InChI=1S/C25H30N4O2/c1-18-23(19(2)29(28-18)16-20-9-7-6-8-10-20)15-26-27-24(30)17-31-22-13-11-21(12-14-22)25(3,4)5/h6-15H,16-17H2,1-5H3,(H,27,30)/b26-15+. The molecule has 0 aliphatic carbocycles. The van der Waals surface area contributed by atoms with Crippen LogP contribution in [0.15, 0.2) is 59.7 Å². The summed E-state index contributed by atoms with van der Waals surface area (Å²) >= 11 is 0. The first kappa shape index (κ1) is 22.3. The maximum Gasteiger partial charge on any atom is 0.277 e. The van der Waals surface area contributed by atoms with Gasteiger partial charge in [-0.1, -0.05) is 63.2 Å². The van der Waals surface area contributed by atoms with Gasteiger partial charge in [-0.15, -0.1) is 0 Å². The number of aryl methyl sites for hydroxylation is 1. The van der Waals surface area contributed by atoms with Gasteiger partial charge in [0.15, 0.2) is 6.61 Å². The zero-order valence-corrected chi connectivity index (χ0v) is 18.8. The highest BCUT2D eigenvalue weighted by atomic mass is 16.5. The molecular weight excluding hydrogens is 388 g/mol. The molecule has 0 unspecified atom stereocenters. The average Bonchev–Trinajstić information content (AvgIpc) is 3.00. The fraction of sp³-hybridized carbons (Fsp3) is 0.320. The molecular formula is C25H30N4O2. The fourth-order valence-corrected chi connectivity index (χ4v) is 3.21. The van der Waals surface area contributed by atoms with Crippen LogP contribution in [0.3, 0.4) is 0 Å². The fourth-order valence-electron chi connectivity index (χ4n) is 3.21. The lowest BCUT2D eigenvalue weighted by atomic mass is 9.87. The maximum absolute atomic E-state index is 12.1. The topological polar surface area (TPSA) is 68.5 Å². The largest absolute Gasteiger partial charge is 0.484 e. The third-order valence-corrected chi connectivity index (χ3v) is 5.09. The summed E-state index contributed by atoms with van der Waals surface area (Å²) in [4.78, 5) is 12.1. The van der Waals surface area contributed by atoms with E-state index in [1.165, 1.54) is 11.1 Å². The summed E-state index contributed by atoms with van der Waals surface area (Å²) in [5.74, 6) is 0.337. The zero-order valence-electron chi connectivity index (χ0n) is 18.8. The van der Waals surface area contributed by atoms with E-state index in [1.807, 2.05) is 61.0 Å². The van der Waals surface area contributed by atoms with E-state index in [-0.39, 0.29) is 17.9 Å². The number of amides is 1. The molecule has 3 rings (SSSR count). The predicted octanol–water partition coefficient (Wildman–Crippen LogP) is 4.37. The van der Waals surface area contributed by atoms with Crippen molar-refractivity contribution in [2.75, 3.05) is 6.61 Å². The Labute approximate surface area is 183 Å². The van der Waals surface area contributed by atoms with E-state index in [4.69, 9.17) is 4.74 Å². The van der Waals surface area contributed by atoms with Crippen LogP contribution >= 0.6 is 0 Å². The van der Waals surface area contributed by atoms with Crippen molar-refractivity contribution >= 4 is 12.1 Å². The molecule has 1 heterocycles. The summed E-state index contributed by atoms with van der Waals surface area (Å²) in [5.41, 5.74) is 7.75. The number of carbonyl (C=O) groups excluding carboxylic acids is 1. The molecule has 0 atom stereocenters. The molecule has 0 aliphatic rings. The van der Waals surface area contributed by atoms with Gasteiger partial charge in [-0.05, 0) is 42.5 Å². The number of hydrazone groups is 1. The van der Waals surface area contributed by atoms with Gasteiger partial charge >= 0.3 is 0 Å². The van der Waals surface area contributed by atoms with Crippen LogP contribution in [-0.2, 0) is 16.8 Å². The van der Waals surface area contributed by atoms with Gasteiger partial charge in [-0.25, -0.2) is 5.43 Å². The number of carbonyl (C=O) groups is 1. The highest BCUT2D eigenvalue weighted by Gasteiger charge is 2.13. The minimum absolute atomic E-state index is 0.0792. The molecule has 0 radical (unpaired) electrons. The summed E-state index contributed by atoms with van der Waals surface area (Å²) in [6.07, 6.45) is 1.63. The van der Waals surface area contributed by atoms with Gasteiger partial charge < -0.3 is 4.74 Å². The van der Waals surface area contributed by atoms with E-state index < -0.39 is 0 Å². The van der Waals surface area contributed by atoms with Gasteiger partial charge in [0.25, 0.3) is 5.91 Å². The number of rotatable bonds is 7. The molecule has 6 nitrogen and oxygen atoms in total. The molecule has 3 aromatic rings. The number of benzene rings is 2. The van der Waals surface area contributed by atoms with E-state index in [2.05, 4.69) is 48.5 Å². The van der Waals surface area contributed by atoms with Gasteiger partial charge in [-0.3, -0.25) is 9.48 Å². The van der Waals surface area contributed by atoms with E-state index in [0.29, 0.717) is 12.3 Å². The molecule has 1 N–H and O–H groups in total. The first-order valence-corrected chi connectivity index (χ1v) is 10.4. The van der Waals surface area contributed by atoms with E-state index in [1.54, 1.807) is 6.21 Å². The van der Waals surface area contributed by atoms with Crippen molar-refractivity contribution in [3.63, 3.8) is 0 Å². The molecule has 0 fully saturated rings. The van der Waals surface area contributed by atoms with E-state index in [0.717, 1.165) is 17.0 Å².